The molecular weight excluding hydrogens is 238 g/mol. The molecule has 0 saturated carbocycles. The average Bonchev–Trinajstić information content (AvgIpc) is 2.50. The van der Waals surface area contributed by atoms with Crippen molar-refractivity contribution in [3.05, 3.63) is 29.8 Å². The second-order valence-corrected chi connectivity index (χ2v) is 6.25. The van der Waals surface area contributed by atoms with Crippen molar-refractivity contribution in [2.45, 2.75) is 39.5 Å². The fourth-order valence-electron chi connectivity index (χ4n) is 2.63. The van der Waals surface area contributed by atoms with Crippen LogP contribution in [0.3, 0.4) is 0 Å². The number of benzene rings is 1. The molecule has 1 heterocycles. The Balaban J connectivity index is 1.96. The molecule has 1 aliphatic rings. The molecule has 1 amide bonds. The standard InChI is InChI=1S/C16H23NO2/c1-16(2)7-4-9-17(10-8-16)15(19)12-13-5-3-6-14(18)11-13/h3,5-6,11,18H,4,7-10,12H2,1-2H3. The molecule has 1 aliphatic heterocycles. The van der Waals surface area contributed by atoms with Gasteiger partial charge in [-0.15, -0.1) is 0 Å². The average molecular weight is 261 g/mol. The summed E-state index contributed by atoms with van der Waals surface area (Å²) < 4.78 is 0. The predicted octanol–water partition coefficient (Wildman–Crippen LogP) is 2.97. The summed E-state index contributed by atoms with van der Waals surface area (Å²) in [6.07, 6.45) is 3.72. The normalized spacial score (nSPS) is 18.9. The van der Waals surface area contributed by atoms with Gasteiger partial charge in [0, 0.05) is 13.1 Å². The summed E-state index contributed by atoms with van der Waals surface area (Å²) in [5.41, 5.74) is 1.23. The summed E-state index contributed by atoms with van der Waals surface area (Å²) >= 11 is 0. The lowest BCUT2D eigenvalue weighted by Crippen LogP contribution is -2.33. The molecule has 0 radical (unpaired) electrons. The van der Waals surface area contributed by atoms with Crippen molar-refractivity contribution < 1.29 is 9.90 Å². The van der Waals surface area contributed by atoms with E-state index >= 15 is 0 Å². The van der Waals surface area contributed by atoms with Gasteiger partial charge in [-0.2, -0.15) is 0 Å². The Morgan fingerprint density at radius 2 is 2.11 bits per heavy atom. The Bertz CT molecular complexity index is 454. The number of carbonyl (C=O) groups excluding carboxylic acids is 1. The van der Waals surface area contributed by atoms with Crippen LogP contribution in [0.1, 0.15) is 38.7 Å². The molecule has 1 aromatic carbocycles. The molecule has 19 heavy (non-hydrogen) atoms. The zero-order chi connectivity index (χ0) is 13.9. The predicted molar refractivity (Wildman–Crippen MR) is 76.0 cm³/mol. The first-order valence-electron chi connectivity index (χ1n) is 7.02. The molecule has 1 N–H and O–H groups in total. The number of hydrogen-bond acceptors (Lipinski definition) is 2. The maximum absolute atomic E-state index is 12.3. The van der Waals surface area contributed by atoms with Crippen LogP contribution in [0.4, 0.5) is 0 Å². The molecule has 1 saturated heterocycles. The van der Waals surface area contributed by atoms with E-state index in [1.54, 1.807) is 18.2 Å². The molecule has 3 nitrogen and oxygen atoms in total. The maximum Gasteiger partial charge on any atom is 0.226 e. The van der Waals surface area contributed by atoms with Crippen molar-refractivity contribution in [3.8, 4) is 5.75 Å². The summed E-state index contributed by atoms with van der Waals surface area (Å²) in [7, 11) is 0. The van der Waals surface area contributed by atoms with Gasteiger partial charge in [-0.1, -0.05) is 26.0 Å². The maximum atomic E-state index is 12.3. The van der Waals surface area contributed by atoms with E-state index in [2.05, 4.69) is 13.8 Å². The Kier molecular flexibility index (Phi) is 4.13. The number of rotatable bonds is 2. The van der Waals surface area contributed by atoms with Crippen LogP contribution in [0.15, 0.2) is 24.3 Å². The lowest BCUT2D eigenvalue weighted by atomic mass is 9.85. The van der Waals surface area contributed by atoms with Gasteiger partial charge in [0.15, 0.2) is 0 Å². The highest BCUT2D eigenvalue weighted by Crippen LogP contribution is 2.29. The summed E-state index contributed by atoms with van der Waals surface area (Å²) in [5, 5.41) is 9.43. The van der Waals surface area contributed by atoms with Crippen LogP contribution in [-0.2, 0) is 11.2 Å². The van der Waals surface area contributed by atoms with Crippen molar-refractivity contribution in [3.63, 3.8) is 0 Å². The summed E-state index contributed by atoms with van der Waals surface area (Å²) in [6, 6.07) is 6.96. The fourth-order valence-corrected chi connectivity index (χ4v) is 2.63. The number of phenolic OH excluding ortho intramolecular Hbond substituents is 1. The fraction of sp³-hybridized carbons (Fsp3) is 0.562. The van der Waals surface area contributed by atoms with E-state index in [0.717, 1.165) is 31.5 Å². The van der Waals surface area contributed by atoms with Gasteiger partial charge in [0.2, 0.25) is 5.91 Å². The van der Waals surface area contributed by atoms with E-state index in [0.29, 0.717) is 11.8 Å². The highest BCUT2D eigenvalue weighted by molar-refractivity contribution is 5.78. The second kappa shape index (κ2) is 5.64. The van der Waals surface area contributed by atoms with Gasteiger partial charge in [0.25, 0.3) is 0 Å². The molecule has 2 rings (SSSR count). The molecule has 1 fully saturated rings. The SMILES string of the molecule is CC1(C)CCCN(C(=O)Cc2cccc(O)c2)CC1. The van der Waals surface area contributed by atoms with Gasteiger partial charge in [-0.25, -0.2) is 0 Å². The molecule has 1 aromatic rings. The van der Waals surface area contributed by atoms with Gasteiger partial charge >= 0.3 is 0 Å². The van der Waals surface area contributed by atoms with E-state index in [4.69, 9.17) is 0 Å². The first kappa shape index (κ1) is 13.9. The number of likely N-dealkylation sites (tertiary alicyclic amines) is 1. The van der Waals surface area contributed by atoms with Crippen LogP contribution in [0.5, 0.6) is 5.75 Å². The highest BCUT2D eigenvalue weighted by Gasteiger charge is 2.25. The third-order valence-corrected chi connectivity index (χ3v) is 3.96. The smallest absolute Gasteiger partial charge is 0.226 e. The zero-order valence-electron chi connectivity index (χ0n) is 11.9. The second-order valence-electron chi connectivity index (χ2n) is 6.25. The first-order valence-corrected chi connectivity index (χ1v) is 7.02. The van der Waals surface area contributed by atoms with E-state index in [-0.39, 0.29) is 11.7 Å². The number of phenols is 1. The Labute approximate surface area is 115 Å². The van der Waals surface area contributed by atoms with Crippen LogP contribution in [-0.4, -0.2) is 29.0 Å². The number of amides is 1. The van der Waals surface area contributed by atoms with Gasteiger partial charge in [-0.3, -0.25) is 4.79 Å². The third-order valence-electron chi connectivity index (χ3n) is 3.96. The van der Waals surface area contributed by atoms with Gasteiger partial charge in [-0.05, 0) is 42.4 Å². The minimum Gasteiger partial charge on any atom is -0.508 e. The van der Waals surface area contributed by atoms with E-state index in [1.165, 1.54) is 6.42 Å². The Morgan fingerprint density at radius 1 is 1.32 bits per heavy atom. The molecular formula is C16H23NO2. The lowest BCUT2D eigenvalue weighted by molar-refractivity contribution is -0.130. The number of hydrogen-bond donors (Lipinski definition) is 1. The van der Waals surface area contributed by atoms with Crippen LogP contribution in [0, 0.1) is 5.41 Å². The molecule has 0 bridgehead atoms. The van der Waals surface area contributed by atoms with E-state index in [9.17, 15) is 9.90 Å². The third kappa shape index (κ3) is 3.98. The quantitative estimate of drug-likeness (QED) is 0.889. The van der Waals surface area contributed by atoms with E-state index in [1.807, 2.05) is 11.0 Å². The van der Waals surface area contributed by atoms with Crippen LogP contribution < -0.4 is 0 Å². The molecule has 104 valence electrons. The van der Waals surface area contributed by atoms with Crippen molar-refractivity contribution >= 4 is 5.91 Å². The largest absolute Gasteiger partial charge is 0.508 e. The van der Waals surface area contributed by atoms with Crippen LogP contribution in [0.25, 0.3) is 0 Å². The van der Waals surface area contributed by atoms with Crippen LogP contribution >= 0.6 is 0 Å². The molecule has 0 aromatic heterocycles. The van der Waals surface area contributed by atoms with Crippen molar-refractivity contribution in [1.82, 2.24) is 4.90 Å². The minimum absolute atomic E-state index is 0.170. The minimum atomic E-state index is 0.170. The van der Waals surface area contributed by atoms with Crippen molar-refractivity contribution in [2.75, 3.05) is 13.1 Å². The van der Waals surface area contributed by atoms with Crippen molar-refractivity contribution in [2.24, 2.45) is 5.41 Å². The Hall–Kier alpha value is -1.51. The zero-order valence-corrected chi connectivity index (χ0v) is 11.9. The molecule has 0 aliphatic carbocycles. The summed E-state index contributed by atoms with van der Waals surface area (Å²) in [4.78, 5) is 14.3. The van der Waals surface area contributed by atoms with Gasteiger partial charge in [0.1, 0.15) is 5.75 Å². The monoisotopic (exact) mass is 261 g/mol. The van der Waals surface area contributed by atoms with E-state index < -0.39 is 0 Å². The van der Waals surface area contributed by atoms with Gasteiger partial charge in [0.05, 0.1) is 6.42 Å². The molecule has 0 atom stereocenters. The lowest BCUT2D eigenvalue weighted by Gasteiger charge is -2.23. The topological polar surface area (TPSA) is 40.5 Å². The summed E-state index contributed by atoms with van der Waals surface area (Å²) in [6.45, 7) is 6.26. The number of nitrogens with zero attached hydrogens (tertiary/aromatic N) is 1. The Morgan fingerprint density at radius 3 is 2.84 bits per heavy atom. The number of aromatic hydroxyl groups is 1. The first-order chi connectivity index (χ1) is 8.96. The van der Waals surface area contributed by atoms with Crippen molar-refractivity contribution in [1.29, 1.82) is 0 Å². The molecule has 3 heteroatoms. The number of carbonyl (C=O) groups is 1. The summed E-state index contributed by atoms with van der Waals surface area (Å²) in [5.74, 6) is 0.394. The van der Waals surface area contributed by atoms with Crippen LogP contribution in [0.2, 0.25) is 0 Å². The highest BCUT2D eigenvalue weighted by atomic mass is 16.3. The molecule has 0 unspecified atom stereocenters. The molecule has 0 spiro atoms. The van der Waals surface area contributed by atoms with Gasteiger partial charge < -0.3 is 10.0 Å².